The van der Waals surface area contributed by atoms with Crippen LogP contribution in [-0.4, -0.2) is 62.5 Å². The minimum Gasteiger partial charge on any atom is -0.477 e. The standard InChI is InChI=1S/C20H18N4O6S2/c1-9(25)30-6-12-7-31-18-14(17(27)24(18)15(12)19(28)29)23-16(26)11-4-2-10(3-5-11)13-8-32-20(21)22-13/h2-5,8,14,18H,6-7H2,1H3,(H2,21,22)(H,23,26)(H,28,29)/t14-,18?/m0/s1. The maximum atomic E-state index is 12.7. The normalized spacial score (nSPS) is 19.8. The number of benzene rings is 1. The van der Waals surface area contributed by atoms with Crippen molar-refractivity contribution in [2.45, 2.75) is 18.3 Å². The number of aliphatic carboxylic acids is 1. The Labute approximate surface area is 190 Å². The summed E-state index contributed by atoms with van der Waals surface area (Å²) in [4.78, 5) is 53.5. The van der Waals surface area contributed by atoms with Crippen LogP contribution >= 0.6 is 23.1 Å². The summed E-state index contributed by atoms with van der Waals surface area (Å²) in [6.07, 6.45) is 0. The number of rotatable bonds is 6. The topological polar surface area (TPSA) is 152 Å². The number of carbonyl (C=O) groups excluding carboxylic acids is 3. The van der Waals surface area contributed by atoms with Gasteiger partial charge in [-0.25, -0.2) is 9.78 Å². The van der Waals surface area contributed by atoms with E-state index in [1.54, 1.807) is 24.3 Å². The van der Waals surface area contributed by atoms with E-state index in [1.165, 1.54) is 30.0 Å². The smallest absolute Gasteiger partial charge is 0.352 e. The molecule has 2 amide bonds. The molecule has 0 bridgehead atoms. The van der Waals surface area contributed by atoms with Gasteiger partial charge in [-0.15, -0.1) is 23.1 Å². The van der Waals surface area contributed by atoms with Gasteiger partial charge in [0.25, 0.3) is 11.8 Å². The quantitative estimate of drug-likeness (QED) is 0.415. The number of carbonyl (C=O) groups is 4. The van der Waals surface area contributed by atoms with Crippen molar-refractivity contribution in [1.29, 1.82) is 0 Å². The number of nitrogens with one attached hydrogen (secondary N) is 1. The molecule has 1 aromatic carbocycles. The summed E-state index contributed by atoms with van der Waals surface area (Å²) in [5, 5.41) is 14.0. The molecule has 2 aliphatic rings. The molecule has 0 saturated carbocycles. The number of anilines is 1. The highest BCUT2D eigenvalue weighted by Gasteiger charge is 2.54. The van der Waals surface area contributed by atoms with Crippen molar-refractivity contribution in [1.82, 2.24) is 15.2 Å². The van der Waals surface area contributed by atoms with Crippen LogP contribution in [0.4, 0.5) is 5.13 Å². The van der Waals surface area contributed by atoms with Crippen molar-refractivity contribution >= 4 is 52.0 Å². The molecule has 0 aliphatic carbocycles. The maximum Gasteiger partial charge on any atom is 0.352 e. The van der Waals surface area contributed by atoms with Crippen LogP contribution in [0.2, 0.25) is 0 Å². The maximum absolute atomic E-state index is 12.7. The van der Waals surface area contributed by atoms with Gasteiger partial charge in [0.2, 0.25) is 0 Å². The van der Waals surface area contributed by atoms with E-state index in [9.17, 15) is 24.3 Å². The highest BCUT2D eigenvalue weighted by Crippen LogP contribution is 2.40. The minimum absolute atomic E-state index is 0.197. The van der Waals surface area contributed by atoms with Crippen LogP contribution in [0.5, 0.6) is 0 Å². The third kappa shape index (κ3) is 4.06. The zero-order valence-corrected chi connectivity index (χ0v) is 18.4. The number of thioether (sulfide) groups is 1. The number of fused-ring (bicyclic) bond motifs is 1. The van der Waals surface area contributed by atoms with E-state index >= 15 is 0 Å². The molecular weight excluding hydrogens is 456 g/mol. The Kier molecular flexibility index (Phi) is 5.89. The first kappa shape index (κ1) is 21.8. The molecule has 1 unspecified atom stereocenters. The van der Waals surface area contributed by atoms with Crippen LogP contribution in [-0.2, 0) is 19.1 Å². The van der Waals surface area contributed by atoms with Crippen molar-refractivity contribution in [2.24, 2.45) is 0 Å². The summed E-state index contributed by atoms with van der Waals surface area (Å²) in [6, 6.07) is 5.86. The van der Waals surface area contributed by atoms with Crippen molar-refractivity contribution in [3.8, 4) is 11.3 Å². The van der Waals surface area contributed by atoms with E-state index in [-0.39, 0.29) is 18.1 Å². The molecule has 12 heteroatoms. The molecule has 2 atom stereocenters. The van der Waals surface area contributed by atoms with Crippen molar-refractivity contribution in [2.75, 3.05) is 18.1 Å². The largest absolute Gasteiger partial charge is 0.477 e. The summed E-state index contributed by atoms with van der Waals surface area (Å²) < 4.78 is 4.90. The van der Waals surface area contributed by atoms with Gasteiger partial charge < -0.3 is 20.9 Å². The molecule has 4 rings (SSSR count). The Balaban J connectivity index is 1.45. The second kappa shape index (κ2) is 8.63. The minimum atomic E-state index is -1.28. The molecule has 2 aliphatic heterocycles. The Morgan fingerprint density at radius 1 is 1.31 bits per heavy atom. The van der Waals surface area contributed by atoms with Crippen molar-refractivity contribution in [3.05, 3.63) is 46.5 Å². The lowest BCUT2D eigenvalue weighted by Crippen LogP contribution is -2.70. The van der Waals surface area contributed by atoms with Crippen LogP contribution in [0.25, 0.3) is 11.3 Å². The first-order valence-electron chi connectivity index (χ1n) is 9.42. The van der Waals surface area contributed by atoms with Gasteiger partial charge in [-0.1, -0.05) is 12.1 Å². The fraction of sp³-hybridized carbons (Fsp3) is 0.250. The third-order valence-corrected chi connectivity index (χ3v) is 6.96. The number of nitrogens with zero attached hydrogens (tertiary/aromatic N) is 2. The van der Waals surface area contributed by atoms with Crippen LogP contribution < -0.4 is 11.1 Å². The van der Waals surface area contributed by atoms with Gasteiger partial charge >= 0.3 is 11.9 Å². The van der Waals surface area contributed by atoms with E-state index in [0.717, 1.165) is 10.5 Å². The molecule has 166 valence electrons. The van der Waals surface area contributed by atoms with Gasteiger partial charge in [0, 0.05) is 34.8 Å². The predicted octanol–water partition coefficient (Wildman–Crippen LogP) is 1.31. The summed E-state index contributed by atoms with van der Waals surface area (Å²) in [7, 11) is 0. The number of hydrogen-bond donors (Lipinski definition) is 3. The summed E-state index contributed by atoms with van der Waals surface area (Å²) in [6.45, 7) is 1.02. The number of ether oxygens (including phenoxy) is 1. The van der Waals surface area contributed by atoms with Crippen LogP contribution in [0.1, 0.15) is 17.3 Å². The molecule has 0 spiro atoms. The monoisotopic (exact) mass is 474 g/mol. The highest BCUT2D eigenvalue weighted by atomic mass is 32.2. The van der Waals surface area contributed by atoms with E-state index in [4.69, 9.17) is 10.5 Å². The molecule has 3 heterocycles. The van der Waals surface area contributed by atoms with Crippen molar-refractivity contribution < 1.29 is 29.0 Å². The highest BCUT2D eigenvalue weighted by molar-refractivity contribution is 8.00. The van der Waals surface area contributed by atoms with E-state index in [1.807, 2.05) is 5.38 Å². The first-order chi connectivity index (χ1) is 15.3. The predicted molar refractivity (Wildman–Crippen MR) is 118 cm³/mol. The van der Waals surface area contributed by atoms with E-state index < -0.39 is 35.2 Å². The molecule has 2 aromatic rings. The average molecular weight is 475 g/mol. The summed E-state index contributed by atoms with van der Waals surface area (Å²) in [5.74, 6) is -2.53. The number of nitrogens with two attached hydrogens (primary N) is 1. The van der Waals surface area contributed by atoms with Crippen LogP contribution in [0.3, 0.4) is 0 Å². The Bertz CT molecular complexity index is 1140. The number of carboxylic acid groups (broad SMARTS) is 1. The van der Waals surface area contributed by atoms with Gasteiger partial charge in [-0.2, -0.15) is 0 Å². The second-order valence-corrected chi connectivity index (χ2v) is 9.04. The number of β-lactam (4-membered cyclic amide) rings is 1. The number of amides is 2. The van der Waals surface area contributed by atoms with E-state index in [0.29, 0.717) is 22.0 Å². The number of nitrogen functional groups attached to an aromatic ring is 1. The fourth-order valence-corrected chi connectivity index (χ4v) is 5.32. The van der Waals surface area contributed by atoms with Gasteiger partial charge in [-0.05, 0) is 12.1 Å². The zero-order chi connectivity index (χ0) is 23.0. The van der Waals surface area contributed by atoms with Gasteiger partial charge in [0.15, 0.2) is 5.13 Å². The molecule has 10 nitrogen and oxygen atoms in total. The molecule has 0 radical (unpaired) electrons. The molecular formula is C20H18N4O6S2. The number of esters is 1. The van der Waals surface area contributed by atoms with Crippen molar-refractivity contribution in [3.63, 3.8) is 0 Å². The van der Waals surface area contributed by atoms with E-state index in [2.05, 4.69) is 10.3 Å². The lowest BCUT2D eigenvalue weighted by molar-refractivity contribution is -0.149. The zero-order valence-electron chi connectivity index (χ0n) is 16.7. The molecule has 32 heavy (non-hydrogen) atoms. The van der Waals surface area contributed by atoms with Gasteiger partial charge in [0.1, 0.15) is 23.7 Å². The number of thiazole rings is 1. The molecule has 1 aromatic heterocycles. The molecule has 1 saturated heterocycles. The Morgan fingerprint density at radius 2 is 2.03 bits per heavy atom. The van der Waals surface area contributed by atoms with Gasteiger partial charge in [-0.3, -0.25) is 19.3 Å². The third-order valence-electron chi connectivity index (χ3n) is 4.95. The SMILES string of the molecule is CC(=O)OCC1=C(C(=O)O)N2C(=O)[C@H](NC(=O)c3ccc(-c4csc(N)n4)cc3)C2SC1. The number of carboxylic acids is 1. The summed E-state index contributed by atoms with van der Waals surface area (Å²) >= 11 is 2.62. The fourth-order valence-electron chi connectivity index (χ4n) is 3.42. The number of aromatic nitrogens is 1. The first-order valence-corrected chi connectivity index (χ1v) is 11.3. The summed E-state index contributed by atoms with van der Waals surface area (Å²) in [5.41, 5.74) is 7.66. The average Bonchev–Trinajstić information content (AvgIpc) is 3.21. The lowest BCUT2D eigenvalue weighted by atomic mass is 10.0. The molecule has 1 fully saturated rings. The second-order valence-electron chi connectivity index (χ2n) is 7.05. The lowest BCUT2D eigenvalue weighted by Gasteiger charge is -2.49. The Morgan fingerprint density at radius 3 is 2.62 bits per heavy atom. The Hall–Kier alpha value is -3.38. The van der Waals surface area contributed by atoms with Crippen LogP contribution in [0.15, 0.2) is 40.9 Å². The number of hydrogen-bond acceptors (Lipinski definition) is 9. The van der Waals surface area contributed by atoms with Crippen LogP contribution in [0, 0.1) is 0 Å². The molecule has 4 N–H and O–H groups in total. The van der Waals surface area contributed by atoms with Gasteiger partial charge in [0.05, 0.1) is 5.69 Å².